The lowest BCUT2D eigenvalue weighted by Gasteiger charge is -2.03. The minimum atomic E-state index is -0.0904. The van der Waals surface area contributed by atoms with E-state index in [0.29, 0.717) is 0 Å². The molecule has 0 amide bonds. The molecule has 0 saturated carbocycles. The van der Waals surface area contributed by atoms with Crippen LogP contribution in [-0.2, 0) is 0 Å². The predicted molar refractivity (Wildman–Crippen MR) is 63.6 cm³/mol. The first kappa shape index (κ1) is 10.2. The van der Waals surface area contributed by atoms with E-state index < -0.39 is 0 Å². The van der Waals surface area contributed by atoms with Crippen molar-refractivity contribution >= 4 is 15.9 Å². The van der Waals surface area contributed by atoms with Gasteiger partial charge in [0.1, 0.15) is 0 Å². The van der Waals surface area contributed by atoms with Crippen LogP contribution in [0.2, 0.25) is 0 Å². The number of benzene rings is 1. The van der Waals surface area contributed by atoms with Gasteiger partial charge in [-0.1, -0.05) is 15.9 Å². The summed E-state index contributed by atoms with van der Waals surface area (Å²) in [5.41, 5.74) is 2.64. The number of aromatic nitrogens is 2. The third-order valence-corrected chi connectivity index (χ3v) is 2.99. The molecule has 0 saturated heterocycles. The molecule has 15 heavy (non-hydrogen) atoms. The second-order valence-electron chi connectivity index (χ2n) is 3.45. The summed E-state index contributed by atoms with van der Waals surface area (Å²) in [6, 6.07) is 7.66. The smallest absolute Gasteiger partial charge is 0.310 e. The first-order valence-electron chi connectivity index (χ1n) is 4.64. The van der Waals surface area contributed by atoms with Crippen molar-refractivity contribution in [1.82, 2.24) is 9.55 Å². The van der Waals surface area contributed by atoms with Crippen LogP contribution in [0.5, 0.6) is 0 Å². The van der Waals surface area contributed by atoms with E-state index in [2.05, 4.69) is 20.9 Å². The average Bonchev–Trinajstić information content (AvgIpc) is 2.44. The molecule has 1 aromatic heterocycles. The normalized spacial score (nSPS) is 10.6. The maximum atomic E-state index is 11.6. The third-order valence-electron chi connectivity index (χ3n) is 2.46. The molecule has 0 bridgehead atoms. The van der Waals surface area contributed by atoms with Crippen LogP contribution in [0.3, 0.4) is 0 Å². The van der Waals surface area contributed by atoms with Gasteiger partial charge in [0.15, 0.2) is 0 Å². The SMILES string of the molecule is Cc1[nH]c(=O)n(-c2ccc(Br)cc2)c1C. The van der Waals surface area contributed by atoms with Crippen LogP contribution in [0, 0.1) is 13.8 Å². The number of halogens is 1. The Morgan fingerprint density at radius 1 is 1.20 bits per heavy atom. The van der Waals surface area contributed by atoms with Gasteiger partial charge in [-0.05, 0) is 38.1 Å². The van der Waals surface area contributed by atoms with Crippen molar-refractivity contribution in [2.24, 2.45) is 0 Å². The highest BCUT2D eigenvalue weighted by Gasteiger charge is 2.07. The zero-order valence-electron chi connectivity index (χ0n) is 8.54. The first-order valence-corrected chi connectivity index (χ1v) is 5.43. The van der Waals surface area contributed by atoms with Crippen molar-refractivity contribution in [2.75, 3.05) is 0 Å². The third kappa shape index (κ3) is 1.77. The lowest BCUT2D eigenvalue weighted by atomic mass is 10.3. The molecule has 0 spiro atoms. The molecule has 0 radical (unpaired) electrons. The fourth-order valence-electron chi connectivity index (χ4n) is 1.53. The Balaban J connectivity index is 2.64. The minimum Gasteiger partial charge on any atom is -0.310 e. The van der Waals surface area contributed by atoms with Crippen LogP contribution in [0.1, 0.15) is 11.4 Å². The van der Waals surface area contributed by atoms with Gasteiger partial charge in [0.2, 0.25) is 0 Å². The van der Waals surface area contributed by atoms with Crippen LogP contribution >= 0.6 is 15.9 Å². The number of imidazole rings is 1. The maximum absolute atomic E-state index is 11.6. The van der Waals surface area contributed by atoms with Crippen LogP contribution < -0.4 is 5.69 Å². The highest BCUT2D eigenvalue weighted by molar-refractivity contribution is 9.10. The summed E-state index contributed by atoms with van der Waals surface area (Å²) in [4.78, 5) is 14.4. The summed E-state index contributed by atoms with van der Waals surface area (Å²) in [6.45, 7) is 3.82. The van der Waals surface area contributed by atoms with Crippen molar-refractivity contribution in [3.63, 3.8) is 0 Å². The van der Waals surface area contributed by atoms with Crippen LogP contribution in [0.15, 0.2) is 33.5 Å². The highest BCUT2D eigenvalue weighted by atomic mass is 79.9. The molecule has 3 nitrogen and oxygen atoms in total. The zero-order valence-corrected chi connectivity index (χ0v) is 10.1. The molecule has 1 aromatic carbocycles. The fourth-order valence-corrected chi connectivity index (χ4v) is 1.79. The number of nitrogens with one attached hydrogen (secondary N) is 1. The van der Waals surface area contributed by atoms with Gasteiger partial charge in [0.05, 0.1) is 5.69 Å². The van der Waals surface area contributed by atoms with E-state index in [4.69, 9.17) is 0 Å². The molecule has 0 aliphatic rings. The monoisotopic (exact) mass is 266 g/mol. The molecule has 0 aliphatic heterocycles. The molecule has 1 N–H and O–H groups in total. The Kier molecular flexibility index (Phi) is 2.52. The Hall–Kier alpha value is -1.29. The van der Waals surface area contributed by atoms with Crippen molar-refractivity contribution in [3.8, 4) is 5.69 Å². The van der Waals surface area contributed by atoms with E-state index in [0.717, 1.165) is 21.5 Å². The first-order chi connectivity index (χ1) is 7.09. The van der Waals surface area contributed by atoms with Gasteiger partial charge < -0.3 is 4.98 Å². The molecule has 78 valence electrons. The number of hydrogen-bond acceptors (Lipinski definition) is 1. The van der Waals surface area contributed by atoms with Crippen molar-refractivity contribution in [1.29, 1.82) is 0 Å². The second kappa shape index (κ2) is 3.70. The molecule has 2 aromatic rings. The lowest BCUT2D eigenvalue weighted by molar-refractivity contribution is 0.948. The Labute approximate surface area is 95.9 Å². The summed E-state index contributed by atoms with van der Waals surface area (Å²) < 4.78 is 2.67. The Morgan fingerprint density at radius 2 is 1.80 bits per heavy atom. The molecule has 0 atom stereocenters. The Morgan fingerprint density at radius 3 is 2.27 bits per heavy atom. The van der Waals surface area contributed by atoms with E-state index in [-0.39, 0.29) is 5.69 Å². The van der Waals surface area contributed by atoms with Crippen molar-refractivity contribution < 1.29 is 0 Å². The van der Waals surface area contributed by atoms with E-state index in [1.807, 2.05) is 38.1 Å². The molecule has 1 heterocycles. The number of aromatic amines is 1. The molecule has 4 heteroatoms. The van der Waals surface area contributed by atoms with Crippen LogP contribution in [-0.4, -0.2) is 9.55 Å². The summed E-state index contributed by atoms with van der Waals surface area (Å²) in [6.07, 6.45) is 0. The standard InChI is InChI=1S/C11H11BrN2O/c1-7-8(2)14(11(15)13-7)10-5-3-9(12)4-6-10/h3-6H,1-2H3,(H,13,15). The molecule has 0 unspecified atom stereocenters. The highest BCUT2D eigenvalue weighted by Crippen LogP contribution is 2.14. The van der Waals surface area contributed by atoms with Gasteiger partial charge in [-0.2, -0.15) is 0 Å². The number of hydrogen-bond donors (Lipinski definition) is 1. The van der Waals surface area contributed by atoms with Crippen molar-refractivity contribution in [2.45, 2.75) is 13.8 Å². The topological polar surface area (TPSA) is 37.8 Å². The van der Waals surface area contributed by atoms with Gasteiger partial charge in [0, 0.05) is 15.9 Å². The number of H-pyrrole nitrogens is 1. The van der Waals surface area contributed by atoms with Gasteiger partial charge in [-0.25, -0.2) is 4.79 Å². The second-order valence-corrected chi connectivity index (χ2v) is 4.37. The Bertz CT molecular complexity index is 537. The molecule has 0 aliphatic carbocycles. The van der Waals surface area contributed by atoms with Gasteiger partial charge >= 0.3 is 5.69 Å². The van der Waals surface area contributed by atoms with Gasteiger partial charge in [-0.15, -0.1) is 0 Å². The summed E-state index contributed by atoms with van der Waals surface area (Å²) in [5.74, 6) is 0. The maximum Gasteiger partial charge on any atom is 0.330 e. The van der Waals surface area contributed by atoms with Crippen LogP contribution in [0.25, 0.3) is 5.69 Å². The van der Waals surface area contributed by atoms with E-state index >= 15 is 0 Å². The zero-order chi connectivity index (χ0) is 11.0. The predicted octanol–water partition coefficient (Wildman–Crippen LogP) is 2.54. The number of rotatable bonds is 1. The molecular formula is C11H11BrN2O. The molecule has 0 fully saturated rings. The summed E-state index contributed by atoms with van der Waals surface area (Å²) >= 11 is 3.37. The van der Waals surface area contributed by atoms with E-state index in [9.17, 15) is 4.79 Å². The largest absolute Gasteiger partial charge is 0.330 e. The molecular weight excluding hydrogens is 256 g/mol. The fraction of sp³-hybridized carbons (Fsp3) is 0.182. The van der Waals surface area contributed by atoms with E-state index in [1.54, 1.807) is 4.57 Å². The summed E-state index contributed by atoms with van der Waals surface area (Å²) in [5, 5.41) is 0. The van der Waals surface area contributed by atoms with Crippen LogP contribution in [0.4, 0.5) is 0 Å². The van der Waals surface area contributed by atoms with Crippen molar-refractivity contribution in [3.05, 3.63) is 50.6 Å². The minimum absolute atomic E-state index is 0.0904. The quantitative estimate of drug-likeness (QED) is 0.847. The van der Waals surface area contributed by atoms with E-state index in [1.165, 1.54) is 0 Å². The van der Waals surface area contributed by atoms with Gasteiger partial charge in [0.25, 0.3) is 0 Å². The number of aryl methyl sites for hydroxylation is 1. The number of nitrogens with zero attached hydrogens (tertiary/aromatic N) is 1. The molecule has 2 rings (SSSR count). The lowest BCUT2D eigenvalue weighted by Crippen LogP contribution is -2.15. The average molecular weight is 267 g/mol. The summed E-state index contributed by atoms with van der Waals surface area (Å²) in [7, 11) is 0. The van der Waals surface area contributed by atoms with Gasteiger partial charge in [-0.3, -0.25) is 4.57 Å².